The summed E-state index contributed by atoms with van der Waals surface area (Å²) in [6.07, 6.45) is 0. The lowest BCUT2D eigenvalue weighted by molar-refractivity contribution is 0.195. The van der Waals surface area contributed by atoms with Crippen LogP contribution in [0.4, 0.5) is 0 Å². The van der Waals surface area contributed by atoms with Crippen LogP contribution in [0.25, 0.3) is 0 Å². The maximum absolute atomic E-state index is 5.92. The second-order valence-electron chi connectivity index (χ2n) is 6.47. The molecule has 2 heterocycles. The molecule has 128 valence electrons. The Bertz CT molecular complexity index is 461. The highest BCUT2D eigenvalue weighted by Crippen LogP contribution is 2.25. The maximum atomic E-state index is 5.92. The SMILES string of the molecule is CCOc1c(CN2CCNC(C)C2)c(C)nn1CC(C)C.Cl. The lowest BCUT2D eigenvalue weighted by Crippen LogP contribution is -2.48. The van der Waals surface area contributed by atoms with Crippen molar-refractivity contribution < 1.29 is 4.74 Å². The number of ether oxygens (including phenoxy) is 1. The first-order valence-corrected chi connectivity index (χ1v) is 8.16. The quantitative estimate of drug-likeness (QED) is 0.870. The van der Waals surface area contributed by atoms with Gasteiger partial charge in [-0.2, -0.15) is 5.10 Å². The molecule has 5 nitrogen and oxygen atoms in total. The Morgan fingerprint density at radius 2 is 2.14 bits per heavy atom. The van der Waals surface area contributed by atoms with Gasteiger partial charge in [0.05, 0.1) is 17.9 Å². The number of aromatic nitrogens is 2. The van der Waals surface area contributed by atoms with E-state index in [9.17, 15) is 0 Å². The molecule has 1 aromatic rings. The number of aryl methyl sites for hydroxylation is 1. The monoisotopic (exact) mass is 330 g/mol. The molecule has 0 spiro atoms. The minimum atomic E-state index is 0. The van der Waals surface area contributed by atoms with Crippen LogP contribution in [0.15, 0.2) is 0 Å². The molecule has 6 heteroatoms. The Labute approximate surface area is 140 Å². The van der Waals surface area contributed by atoms with E-state index < -0.39 is 0 Å². The summed E-state index contributed by atoms with van der Waals surface area (Å²) in [5.74, 6) is 1.53. The van der Waals surface area contributed by atoms with Crippen LogP contribution in [0.5, 0.6) is 5.88 Å². The number of nitrogens with zero attached hydrogens (tertiary/aromatic N) is 3. The smallest absolute Gasteiger partial charge is 0.216 e. The third-order valence-electron chi connectivity index (χ3n) is 3.85. The van der Waals surface area contributed by atoms with Gasteiger partial charge in [-0.3, -0.25) is 4.90 Å². The number of hydrogen-bond acceptors (Lipinski definition) is 4. The van der Waals surface area contributed by atoms with Crippen molar-refractivity contribution in [2.75, 3.05) is 26.2 Å². The molecule has 1 aromatic heterocycles. The Balaban J connectivity index is 0.00000242. The first-order valence-electron chi connectivity index (χ1n) is 8.16. The van der Waals surface area contributed by atoms with Crippen molar-refractivity contribution in [3.05, 3.63) is 11.3 Å². The van der Waals surface area contributed by atoms with Gasteiger partial charge in [-0.25, -0.2) is 4.68 Å². The number of nitrogens with one attached hydrogen (secondary N) is 1. The van der Waals surface area contributed by atoms with Gasteiger partial charge >= 0.3 is 0 Å². The van der Waals surface area contributed by atoms with Crippen molar-refractivity contribution in [2.24, 2.45) is 5.92 Å². The van der Waals surface area contributed by atoms with Gasteiger partial charge in [0.2, 0.25) is 5.88 Å². The van der Waals surface area contributed by atoms with Crippen molar-refractivity contribution in [2.45, 2.75) is 53.8 Å². The minimum Gasteiger partial charge on any atom is -0.478 e. The zero-order chi connectivity index (χ0) is 15.4. The summed E-state index contributed by atoms with van der Waals surface area (Å²) in [5.41, 5.74) is 2.36. The average molecular weight is 331 g/mol. The molecule has 0 radical (unpaired) electrons. The van der Waals surface area contributed by atoms with Crippen LogP contribution in [0.2, 0.25) is 0 Å². The Kier molecular flexibility index (Phi) is 7.66. The molecule has 1 aliphatic heterocycles. The van der Waals surface area contributed by atoms with E-state index in [1.165, 1.54) is 5.56 Å². The van der Waals surface area contributed by atoms with Crippen LogP contribution in [0.3, 0.4) is 0 Å². The van der Waals surface area contributed by atoms with E-state index in [0.717, 1.165) is 44.3 Å². The molecule has 1 N–H and O–H groups in total. The van der Waals surface area contributed by atoms with E-state index in [2.05, 4.69) is 37.9 Å². The molecule has 0 bridgehead atoms. The van der Waals surface area contributed by atoms with E-state index in [1.54, 1.807) is 0 Å². The molecule has 1 atom stereocenters. The predicted octanol–water partition coefficient (Wildman–Crippen LogP) is 2.46. The summed E-state index contributed by atoms with van der Waals surface area (Å²) < 4.78 is 7.96. The molecule has 0 saturated carbocycles. The van der Waals surface area contributed by atoms with Gasteiger partial charge in [0, 0.05) is 38.8 Å². The van der Waals surface area contributed by atoms with Crippen molar-refractivity contribution in [3.8, 4) is 5.88 Å². The highest BCUT2D eigenvalue weighted by molar-refractivity contribution is 5.85. The molecule has 1 aliphatic rings. The normalized spacial score (nSPS) is 19.3. The molecule has 22 heavy (non-hydrogen) atoms. The zero-order valence-corrected chi connectivity index (χ0v) is 15.4. The first-order chi connectivity index (χ1) is 10.0. The lowest BCUT2D eigenvalue weighted by atomic mass is 10.2. The fourth-order valence-electron chi connectivity index (χ4n) is 2.93. The fraction of sp³-hybridized carbons (Fsp3) is 0.812. The van der Waals surface area contributed by atoms with Crippen LogP contribution in [-0.4, -0.2) is 47.0 Å². The van der Waals surface area contributed by atoms with Crippen LogP contribution in [0.1, 0.15) is 39.0 Å². The largest absolute Gasteiger partial charge is 0.478 e. The summed E-state index contributed by atoms with van der Waals surface area (Å²) in [7, 11) is 0. The van der Waals surface area contributed by atoms with E-state index in [0.29, 0.717) is 18.6 Å². The molecule has 2 rings (SSSR count). The van der Waals surface area contributed by atoms with Crippen molar-refractivity contribution in [1.29, 1.82) is 0 Å². The van der Waals surface area contributed by atoms with Crippen LogP contribution in [-0.2, 0) is 13.1 Å². The van der Waals surface area contributed by atoms with Gasteiger partial charge in [0.25, 0.3) is 0 Å². The van der Waals surface area contributed by atoms with E-state index in [-0.39, 0.29) is 12.4 Å². The molecule has 1 saturated heterocycles. The van der Waals surface area contributed by atoms with Gasteiger partial charge in [-0.15, -0.1) is 12.4 Å². The number of hydrogen-bond donors (Lipinski definition) is 1. The number of halogens is 1. The summed E-state index contributed by atoms with van der Waals surface area (Å²) in [5, 5.41) is 8.19. The summed E-state index contributed by atoms with van der Waals surface area (Å²) in [4.78, 5) is 2.49. The van der Waals surface area contributed by atoms with Gasteiger partial charge in [-0.05, 0) is 26.7 Å². The Hall–Kier alpha value is -0.780. The average Bonchev–Trinajstić information content (AvgIpc) is 2.67. The molecule has 1 fully saturated rings. The highest BCUT2D eigenvalue weighted by Gasteiger charge is 2.22. The Morgan fingerprint density at radius 3 is 2.73 bits per heavy atom. The fourth-order valence-corrected chi connectivity index (χ4v) is 2.93. The molecular formula is C16H31ClN4O. The predicted molar refractivity (Wildman–Crippen MR) is 93.0 cm³/mol. The molecule has 0 aliphatic carbocycles. The summed E-state index contributed by atoms with van der Waals surface area (Å²) >= 11 is 0. The minimum absolute atomic E-state index is 0. The standard InChI is InChI=1S/C16H30N4O.ClH/c1-6-21-16-15(11-19-8-7-17-13(4)10-19)14(5)18-20(16)9-12(2)3;/h12-13,17H,6-11H2,1-5H3;1H. The molecule has 0 aromatic carbocycles. The third-order valence-corrected chi connectivity index (χ3v) is 3.85. The second-order valence-corrected chi connectivity index (χ2v) is 6.47. The van der Waals surface area contributed by atoms with E-state index in [1.807, 2.05) is 11.6 Å². The zero-order valence-electron chi connectivity index (χ0n) is 14.6. The number of piperazine rings is 1. The van der Waals surface area contributed by atoms with Crippen molar-refractivity contribution >= 4 is 12.4 Å². The van der Waals surface area contributed by atoms with Crippen molar-refractivity contribution in [3.63, 3.8) is 0 Å². The van der Waals surface area contributed by atoms with Gasteiger partial charge < -0.3 is 10.1 Å². The topological polar surface area (TPSA) is 42.3 Å². The second kappa shape index (κ2) is 8.75. The summed E-state index contributed by atoms with van der Waals surface area (Å²) in [6, 6.07) is 0.556. The van der Waals surface area contributed by atoms with E-state index >= 15 is 0 Å². The molecule has 1 unspecified atom stereocenters. The van der Waals surface area contributed by atoms with Gasteiger partial charge in [-0.1, -0.05) is 13.8 Å². The van der Waals surface area contributed by atoms with Crippen molar-refractivity contribution in [1.82, 2.24) is 20.0 Å². The maximum Gasteiger partial charge on any atom is 0.216 e. The van der Waals surface area contributed by atoms with Crippen LogP contribution < -0.4 is 10.1 Å². The first kappa shape index (κ1) is 19.3. The van der Waals surface area contributed by atoms with Gasteiger partial charge in [0.15, 0.2) is 0 Å². The van der Waals surface area contributed by atoms with Crippen LogP contribution >= 0.6 is 12.4 Å². The summed E-state index contributed by atoms with van der Waals surface area (Å²) in [6.45, 7) is 16.6. The third kappa shape index (κ3) is 4.86. The number of rotatable bonds is 6. The van der Waals surface area contributed by atoms with Gasteiger partial charge in [0.1, 0.15) is 0 Å². The Morgan fingerprint density at radius 1 is 1.41 bits per heavy atom. The molecule has 0 amide bonds. The molecular weight excluding hydrogens is 300 g/mol. The lowest BCUT2D eigenvalue weighted by Gasteiger charge is -2.31. The highest BCUT2D eigenvalue weighted by atomic mass is 35.5. The van der Waals surface area contributed by atoms with E-state index in [4.69, 9.17) is 9.84 Å². The van der Waals surface area contributed by atoms with Crippen LogP contribution in [0, 0.1) is 12.8 Å².